The molecule has 1 heterocycles. The van der Waals surface area contributed by atoms with Crippen LogP contribution >= 0.6 is 0 Å². The van der Waals surface area contributed by atoms with Gasteiger partial charge in [0, 0.05) is 19.1 Å². The van der Waals surface area contributed by atoms with Gasteiger partial charge in [0.2, 0.25) is 0 Å². The number of hydrogen-bond acceptors (Lipinski definition) is 4. The van der Waals surface area contributed by atoms with E-state index in [0.29, 0.717) is 24.5 Å². The van der Waals surface area contributed by atoms with Gasteiger partial charge in [0.25, 0.3) is 0 Å². The molecule has 1 saturated heterocycles. The molecule has 0 aromatic heterocycles. The van der Waals surface area contributed by atoms with Crippen molar-refractivity contribution in [2.75, 3.05) is 24.1 Å². The van der Waals surface area contributed by atoms with E-state index < -0.39 is 5.60 Å². The summed E-state index contributed by atoms with van der Waals surface area (Å²) < 4.78 is 18.6. The summed E-state index contributed by atoms with van der Waals surface area (Å²) >= 11 is 0. The van der Waals surface area contributed by atoms with Crippen LogP contribution in [0.2, 0.25) is 0 Å². The SMILES string of the molecule is CC(C)(C)OC(=O)N1CCC(Nc2cc(F)ccc2N)CC1. The van der Waals surface area contributed by atoms with Crippen molar-refractivity contribution in [2.24, 2.45) is 0 Å². The quantitative estimate of drug-likeness (QED) is 0.823. The number of benzene rings is 1. The fourth-order valence-electron chi connectivity index (χ4n) is 2.41. The number of carbonyl (C=O) groups is 1. The molecule has 0 saturated carbocycles. The number of nitrogens with one attached hydrogen (secondary N) is 1. The van der Waals surface area contributed by atoms with E-state index in [1.54, 1.807) is 11.0 Å². The van der Waals surface area contributed by atoms with E-state index in [1.165, 1.54) is 12.1 Å². The van der Waals surface area contributed by atoms with Crippen LogP contribution < -0.4 is 11.1 Å². The standard InChI is InChI=1S/C16H24FN3O2/c1-16(2,3)22-15(21)20-8-6-12(7-9-20)19-14-10-11(17)4-5-13(14)18/h4-5,10,12,19H,6-9,18H2,1-3H3. The number of hydrogen-bond donors (Lipinski definition) is 2. The molecule has 0 spiro atoms. The summed E-state index contributed by atoms with van der Waals surface area (Å²) in [6, 6.07) is 4.46. The summed E-state index contributed by atoms with van der Waals surface area (Å²) in [5.74, 6) is -0.317. The number of rotatable bonds is 2. The van der Waals surface area contributed by atoms with Gasteiger partial charge in [-0.15, -0.1) is 0 Å². The van der Waals surface area contributed by atoms with Crippen molar-refractivity contribution in [1.82, 2.24) is 4.90 Å². The molecular weight excluding hydrogens is 285 g/mol. The lowest BCUT2D eigenvalue weighted by Crippen LogP contribution is -2.44. The van der Waals surface area contributed by atoms with Crippen LogP contribution in [0.25, 0.3) is 0 Å². The lowest BCUT2D eigenvalue weighted by Gasteiger charge is -2.34. The van der Waals surface area contributed by atoms with Crippen molar-refractivity contribution < 1.29 is 13.9 Å². The Morgan fingerprint density at radius 2 is 2.00 bits per heavy atom. The fourth-order valence-corrected chi connectivity index (χ4v) is 2.41. The maximum atomic E-state index is 13.3. The van der Waals surface area contributed by atoms with Crippen LogP contribution in [-0.4, -0.2) is 35.7 Å². The normalized spacial score (nSPS) is 16.5. The molecule has 5 nitrogen and oxygen atoms in total. The zero-order valence-electron chi connectivity index (χ0n) is 13.4. The minimum absolute atomic E-state index is 0.169. The maximum absolute atomic E-state index is 13.3. The summed E-state index contributed by atoms with van der Waals surface area (Å²) in [5, 5.41) is 3.25. The zero-order chi connectivity index (χ0) is 16.3. The number of nitrogens with zero attached hydrogens (tertiary/aromatic N) is 1. The van der Waals surface area contributed by atoms with E-state index in [2.05, 4.69) is 5.32 Å². The number of nitrogens with two attached hydrogens (primary N) is 1. The molecule has 1 amide bonds. The van der Waals surface area contributed by atoms with Gasteiger partial charge in [-0.3, -0.25) is 0 Å². The number of amides is 1. The first-order chi connectivity index (χ1) is 10.2. The molecule has 3 N–H and O–H groups in total. The smallest absolute Gasteiger partial charge is 0.410 e. The number of anilines is 2. The summed E-state index contributed by atoms with van der Waals surface area (Å²) in [6.07, 6.45) is 1.26. The van der Waals surface area contributed by atoms with Crippen molar-refractivity contribution >= 4 is 17.5 Å². The van der Waals surface area contributed by atoms with Gasteiger partial charge < -0.3 is 20.7 Å². The first kappa shape index (κ1) is 16.4. The molecule has 0 radical (unpaired) electrons. The van der Waals surface area contributed by atoms with Crippen LogP contribution in [0.1, 0.15) is 33.6 Å². The molecular formula is C16H24FN3O2. The van der Waals surface area contributed by atoms with E-state index >= 15 is 0 Å². The molecule has 1 aliphatic rings. The molecule has 0 atom stereocenters. The van der Waals surface area contributed by atoms with Crippen molar-refractivity contribution in [3.8, 4) is 0 Å². The zero-order valence-corrected chi connectivity index (χ0v) is 13.4. The van der Waals surface area contributed by atoms with Gasteiger partial charge in [0.1, 0.15) is 11.4 Å². The van der Waals surface area contributed by atoms with Crippen molar-refractivity contribution in [1.29, 1.82) is 0 Å². The topological polar surface area (TPSA) is 67.6 Å². The van der Waals surface area contributed by atoms with E-state index in [1.807, 2.05) is 20.8 Å². The first-order valence-corrected chi connectivity index (χ1v) is 7.54. The van der Waals surface area contributed by atoms with E-state index in [4.69, 9.17) is 10.5 Å². The molecule has 22 heavy (non-hydrogen) atoms. The number of piperidine rings is 1. The molecule has 6 heteroatoms. The molecule has 122 valence electrons. The summed E-state index contributed by atoms with van der Waals surface area (Å²) in [7, 11) is 0. The van der Waals surface area contributed by atoms with Crippen molar-refractivity contribution in [3.63, 3.8) is 0 Å². The Morgan fingerprint density at radius 3 is 2.59 bits per heavy atom. The summed E-state index contributed by atoms with van der Waals surface area (Å²) in [4.78, 5) is 13.7. The highest BCUT2D eigenvalue weighted by atomic mass is 19.1. The monoisotopic (exact) mass is 309 g/mol. The number of nitrogen functional groups attached to an aromatic ring is 1. The summed E-state index contributed by atoms with van der Waals surface area (Å²) in [5.41, 5.74) is 6.49. The second-order valence-electron chi connectivity index (χ2n) is 6.62. The number of likely N-dealkylation sites (tertiary alicyclic amines) is 1. The van der Waals surface area contributed by atoms with Crippen LogP contribution in [0.3, 0.4) is 0 Å². The fraction of sp³-hybridized carbons (Fsp3) is 0.562. The number of ether oxygens (including phenoxy) is 1. The lowest BCUT2D eigenvalue weighted by atomic mass is 10.0. The molecule has 1 aromatic carbocycles. The second kappa shape index (κ2) is 6.42. The first-order valence-electron chi connectivity index (χ1n) is 7.54. The van der Waals surface area contributed by atoms with Crippen LogP contribution in [0.15, 0.2) is 18.2 Å². The highest BCUT2D eigenvalue weighted by Gasteiger charge is 2.26. The Balaban J connectivity index is 1.87. The highest BCUT2D eigenvalue weighted by molar-refractivity contribution is 5.68. The molecule has 2 rings (SSSR count). The molecule has 0 aliphatic carbocycles. The van der Waals surface area contributed by atoms with Gasteiger partial charge in [-0.2, -0.15) is 0 Å². The van der Waals surface area contributed by atoms with Crippen LogP contribution in [0.5, 0.6) is 0 Å². The van der Waals surface area contributed by atoms with Crippen LogP contribution in [0, 0.1) is 5.82 Å². The maximum Gasteiger partial charge on any atom is 0.410 e. The Morgan fingerprint density at radius 1 is 1.36 bits per heavy atom. The minimum Gasteiger partial charge on any atom is -0.444 e. The Bertz CT molecular complexity index is 535. The Hall–Kier alpha value is -1.98. The van der Waals surface area contributed by atoms with Gasteiger partial charge in [0.05, 0.1) is 11.4 Å². The van der Waals surface area contributed by atoms with Crippen LogP contribution in [0.4, 0.5) is 20.6 Å². The average molecular weight is 309 g/mol. The van der Waals surface area contributed by atoms with E-state index in [9.17, 15) is 9.18 Å². The molecule has 1 aliphatic heterocycles. The average Bonchev–Trinajstić information content (AvgIpc) is 2.42. The largest absolute Gasteiger partial charge is 0.444 e. The van der Waals surface area contributed by atoms with Gasteiger partial charge in [0.15, 0.2) is 0 Å². The van der Waals surface area contributed by atoms with Gasteiger partial charge in [-0.05, 0) is 51.8 Å². The van der Waals surface area contributed by atoms with Crippen LogP contribution in [-0.2, 0) is 4.74 Å². The van der Waals surface area contributed by atoms with Gasteiger partial charge in [-0.25, -0.2) is 9.18 Å². The Labute approximate surface area is 130 Å². The third-order valence-electron chi connectivity index (χ3n) is 3.52. The van der Waals surface area contributed by atoms with Crippen molar-refractivity contribution in [3.05, 3.63) is 24.0 Å². The third-order valence-corrected chi connectivity index (χ3v) is 3.52. The van der Waals surface area contributed by atoms with E-state index in [-0.39, 0.29) is 18.0 Å². The number of halogens is 1. The predicted octanol–water partition coefficient (Wildman–Crippen LogP) is 3.22. The Kier molecular flexibility index (Phi) is 4.78. The van der Waals surface area contributed by atoms with Gasteiger partial charge in [-0.1, -0.05) is 0 Å². The predicted molar refractivity (Wildman–Crippen MR) is 85.3 cm³/mol. The minimum atomic E-state index is -0.484. The highest BCUT2D eigenvalue weighted by Crippen LogP contribution is 2.23. The molecule has 0 unspecified atom stereocenters. The summed E-state index contributed by atoms with van der Waals surface area (Å²) in [6.45, 7) is 6.79. The number of carbonyl (C=O) groups excluding carboxylic acids is 1. The molecule has 1 aromatic rings. The second-order valence-corrected chi connectivity index (χ2v) is 6.62. The lowest BCUT2D eigenvalue weighted by molar-refractivity contribution is 0.0210. The molecule has 0 bridgehead atoms. The molecule has 1 fully saturated rings. The van der Waals surface area contributed by atoms with E-state index in [0.717, 1.165) is 12.8 Å². The van der Waals surface area contributed by atoms with Gasteiger partial charge >= 0.3 is 6.09 Å². The van der Waals surface area contributed by atoms with Crippen molar-refractivity contribution in [2.45, 2.75) is 45.3 Å². The third kappa shape index (κ3) is 4.51.